The Morgan fingerprint density at radius 1 is 1.22 bits per heavy atom. The Balaban J connectivity index is 1.28. The van der Waals surface area contributed by atoms with Crippen LogP contribution in [0.25, 0.3) is 0 Å². The predicted molar refractivity (Wildman–Crippen MR) is 127 cm³/mol. The Bertz CT molecular complexity index is 937. The monoisotopic (exact) mass is 436 g/mol. The van der Waals surface area contributed by atoms with Crippen LogP contribution in [-0.2, 0) is 9.53 Å². The van der Waals surface area contributed by atoms with Crippen LogP contribution in [-0.4, -0.2) is 56.3 Å². The maximum Gasteiger partial charge on any atom is 0.311 e. The van der Waals surface area contributed by atoms with E-state index in [1.165, 1.54) is 16.8 Å². The molecule has 5 atom stereocenters. The molecule has 0 saturated carbocycles. The van der Waals surface area contributed by atoms with Crippen molar-refractivity contribution in [3.8, 4) is 5.75 Å². The average molecular weight is 437 g/mol. The van der Waals surface area contributed by atoms with E-state index in [9.17, 15) is 4.79 Å². The first kappa shape index (κ1) is 21.6. The van der Waals surface area contributed by atoms with E-state index in [1.54, 1.807) is 7.11 Å². The Morgan fingerprint density at radius 2 is 2.00 bits per heavy atom. The number of hydrogen-bond donors (Lipinski definition) is 0. The number of allylic oxidation sites excluding steroid dienone is 3. The summed E-state index contributed by atoms with van der Waals surface area (Å²) in [4.78, 5) is 17.8. The number of anilines is 1. The van der Waals surface area contributed by atoms with Crippen molar-refractivity contribution in [1.29, 1.82) is 0 Å². The summed E-state index contributed by atoms with van der Waals surface area (Å²) in [6, 6.07) is 8.70. The van der Waals surface area contributed by atoms with E-state index in [0.717, 1.165) is 51.2 Å². The number of esters is 1. The molecule has 5 heteroatoms. The van der Waals surface area contributed by atoms with E-state index in [4.69, 9.17) is 9.47 Å². The molecule has 1 aromatic rings. The van der Waals surface area contributed by atoms with Crippen LogP contribution in [0.5, 0.6) is 5.75 Å². The van der Waals surface area contributed by atoms with Gasteiger partial charge in [0.15, 0.2) is 0 Å². The van der Waals surface area contributed by atoms with E-state index in [2.05, 4.69) is 54.9 Å². The van der Waals surface area contributed by atoms with E-state index in [-0.39, 0.29) is 29.3 Å². The molecule has 0 unspecified atom stereocenters. The van der Waals surface area contributed by atoms with Crippen molar-refractivity contribution in [1.82, 2.24) is 4.90 Å². The van der Waals surface area contributed by atoms with Gasteiger partial charge in [-0.05, 0) is 68.4 Å². The number of carbonyl (C=O) groups is 1. The summed E-state index contributed by atoms with van der Waals surface area (Å²) >= 11 is 0. The molecule has 2 saturated heterocycles. The lowest BCUT2D eigenvalue weighted by Gasteiger charge is -2.44. The number of ether oxygens (including phenoxy) is 2. The molecule has 0 spiro atoms. The molecular weight excluding hydrogens is 400 g/mol. The van der Waals surface area contributed by atoms with Gasteiger partial charge in [-0.15, -0.1) is 0 Å². The highest BCUT2D eigenvalue weighted by atomic mass is 16.6. The van der Waals surface area contributed by atoms with Gasteiger partial charge in [-0.2, -0.15) is 0 Å². The van der Waals surface area contributed by atoms with E-state index < -0.39 is 0 Å². The van der Waals surface area contributed by atoms with Crippen LogP contribution in [0.15, 0.2) is 47.6 Å². The van der Waals surface area contributed by atoms with E-state index in [0.29, 0.717) is 6.04 Å². The Labute approximate surface area is 192 Å². The van der Waals surface area contributed by atoms with E-state index in [1.807, 2.05) is 12.1 Å². The molecule has 0 N–H and O–H groups in total. The van der Waals surface area contributed by atoms with Crippen molar-refractivity contribution >= 4 is 11.7 Å². The minimum absolute atomic E-state index is 0.00552. The molecule has 0 amide bonds. The molecule has 2 heterocycles. The van der Waals surface area contributed by atoms with Crippen molar-refractivity contribution < 1.29 is 14.3 Å². The second kappa shape index (κ2) is 8.26. The van der Waals surface area contributed by atoms with Crippen molar-refractivity contribution in [2.75, 3.05) is 38.2 Å². The zero-order chi connectivity index (χ0) is 22.5. The summed E-state index contributed by atoms with van der Waals surface area (Å²) in [6.07, 6.45) is 8.08. The van der Waals surface area contributed by atoms with Crippen LogP contribution in [0, 0.1) is 17.3 Å². The summed E-state index contributed by atoms with van der Waals surface area (Å²) in [5.41, 5.74) is 4.25. The highest BCUT2D eigenvalue weighted by Gasteiger charge is 2.51. The fourth-order valence-corrected chi connectivity index (χ4v) is 6.47. The molecule has 0 radical (unpaired) electrons. The zero-order valence-corrected chi connectivity index (χ0v) is 19.8. The number of nitrogens with zero attached hydrogens (tertiary/aromatic N) is 2. The van der Waals surface area contributed by atoms with E-state index >= 15 is 0 Å². The highest BCUT2D eigenvalue weighted by Crippen LogP contribution is 2.52. The Morgan fingerprint density at radius 3 is 2.72 bits per heavy atom. The van der Waals surface area contributed by atoms with Gasteiger partial charge in [-0.25, -0.2) is 0 Å². The number of methoxy groups -OCH3 is 1. The van der Waals surface area contributed by atoms with Gasteiger partial charge >= 0.3 is 5.97 Å². The molecule has 32 heavy (non-hydrogen) atoms. The van der Waals surface area contributed by atoms with Crippen LogP contribution in [0.1, 0.15) is 40.0 Å². The number of hydrogen-bond acceptors (Lipinski definition) is 5. The second-order valence-electron chi connectivity index (χ2n) is 10.4. The molecule has 172 valence electrons. The van der Waals surface area contributed by atoms with Crippen LogP contribution in [0.2, 0.25) is 0 Å². The normalized spacial score (nSPS) is 34.9. The third-order valence-corrected chi connectivity index (χ3v) is 8.27. The highest BCUT2D eigenvalue weighted by molar-refractivity contribution is 5.76. The largest absolute Gasteiger partial charge is 0.497 e. The lowest BCUT2D eigenvalue weighted by Crippen LogP contribution is -2.53. The molecular formula is C27H36N2O3. The maximum absolute atomic E-state index is 12.9. The van der Waals surface area contributed by atoms with Crippen molar-refractivity contribution in [3.63, 3.8) is 0 Å². The van der Waals surface area contributed by atoms with Gasteiger partial charge < -0.3 is 14.4 Å². The fourth-order valence-electron chi connectivity index (χ4n) is 6.47. The first-order valence-corrected chi connectivity index (χ1v) is 12.1. The summed E-state index contributed by atoms with van der Waals surface area (Å²) in [7, 11) is 1.70. The van der Waals surface area contributed by atoms with Crippen molar-refractivity contribution in [2.45, 2.75) is 52.2 Å². The minimum atomic E-state index is -0.0495. The SMILES string of the molecule is COc1ccc(N2CCN(C[C@H]3C(=O)O[C@@H]4C[C@@]5(C)CCC=C(C)C5=C[C@@H]43)C[C@@H]2C)cc1. The second-order valence-corrected chi connectivity index (χ2v) is 10.4. The minimum Gasteiger partial charge on any atom is -0.497 e. The lowest BCUT2D eigenvalue weighted by atomic mass is 9.62. The smallest absolute Gasteiger partial charge is 0.311 e. The Hall–Kier alpha value is -2.27. The molecule has 5 rings (SSSR count). The Kier molecular flexibility index (Phi) is 5.56. The summed E-state index contributed by atoms with van der Waals surface area (Å²) in [5.74, 6) is 1.05. The standard InChI is InChI=1S/C27H36N2O3/c1-18-6-5-11-27(3)15-25-22(14-24(18)27)23(26(30)32-25)17-28-12-13-29(19(2)16-28)20-7-9-21(31-4)10-8-20/h6-10,14,19,22-23,25H,5,11-13,15-17H2,1-4H3/t19-,22+,23+,25+,27+/m0/s1. The molecule has 5 nitrogen and oxygen atoms in total. The van der Waals surface area contributed by atoms with Gasteiger partial charge in [0.1, 0.15) is 11.9 Å². The number of carbonyl (C=O) groups excluding carboxylic acids is 1. The summed E-state index contributed by atoms with van der Waals surface area (Å²) in [6.45, 7) is 10.5. The zero-order valence-electron chi connectivity index (χ0n) is 19.8. The maximum atomic E-state index is 12.9. The lowest BCUT2D eigenvalue weighted by molar-refractivity contribution is -0.145. The molecule has 2 aliphatic heterocycles. The summed E-state index contributed by atoms with van der Waals surface area (Å²) in [5, 5.41) is 0. The van der Waals surface area contributed by atoms with Crippen LogP contribution >= 0.6 is 0 Å². The summed E-state index contributed by atoms with van der Waals surface area (Å²) < 4.78 is 11.3. The molecule has 0 bridgehead atoms. The van der Waals surface area contributed by atoms with Crippen molar-refractivity contribution in [3.05, 3.63) is 47.6 Å². The molecule has 4 aliphatic rings. The van der Waals surface area contributed by atoms with Gasteiger partial charge in [-0.3, -0.25) is 9.69 Å². The first-order chi connectivity index (χ1) is 15.4. The van der Waals surface area contributed by atoms with Gasteiger partial charge in [0.2, 0.25) is 0 Å². The number of rotatable bonds is 4. The third kappa shape index (κ3) is 3.75. The topological polar surface area (TPSA) is 42.0 Å². The number of piperazine rings is 1. The number of fused-ring (bicyclic) bond motifs is 2. The predicted octanol–water partition coefficient (Wildman–Crippen LogP) is 4.44. The molecule has 0 aromatic heterocycles. The fraction of sp³-hybridized carbons (Fsp3) is 0.593. The average Bonchev–Trinajstić information content (AvgIpc) is 3.06. The van der Waals surface area contributed by atoms with Gasteiger partial charge in [0.05, 0.1) is 13.0 Å². The van der Waals surface area contributed by atoms with Gasteiger partial charge in [0.25, 0.3) is 0 Å². The van der Waals surface area contributed by atoms with Crippen LogP contribution in [0.4, 0.5) is 5.69 Å². The molecule has 1 aromatic carbocycles. The number of benzene rings is 1. The molecule has 2 fully saturated rings. The van der Waals surface area contributed by atoms with Gasteiger partial charge in [0, 0.05) is 43.8 Å². The quantitative estimate of drug-likeness (QED) is 0.653. The van der Waals surface area contributed by atoms with Crippen LogP contribution < -0.4 is 9.64 Å². The van der Waals surface area contributed by atoms with Crippen molar-refractivity contribution in [2.24, 2.45) is 17.3 Å². The van der Waals surface area contributed by atoms with Gasteiger partial charge in [-0.1, -0.05) is 24.6 Å². The molecule has 2 aliphatic carbocycles. The van der Waals surface area contributed by atoms with Crippen LogP contribution in [0.3, 0.4) is 0 Å². The first-order valence-electron chi connectivity index (χ1n) is 12.1. The third-order valence-electron chi connectivity index (χ3n) is 8.27.